The van der Waals surface area contributed by atoms with E-state index in [9.17, 15) is 13.2 Å². The molecule has 6 nitrogen and oxygen atoms in total. The normalized spacial score (nSPS) is 11.6. The van der Waals surface area contributed by atoms with E-state index in [4.69, 9.17) is 24.9 Å². The van der Waals surface area contributed by atoms with Crippen LogP contribution in [0.2, 0.25) is 0 Å². The smallest absolute Gasteiger partial charge is 0.308 e. The summed E-state index contributed by atoms with van der Waals surface area (Å²) in [5.74, 6) is 1.78. The number of hydrogen-bond acceptors (Lipinski definition) is 5. The highest BCUT2D eigenvalue weighted by Crippen LogP contribution is 2.41. The Kier molecular flexibility index (Phi) is 8.83. The van der Waals surface area contributed by atoms with Gasteiger partial charge in [0.05, 0.1) is 33.7 Å². The maximum atomic E-state index is 14.4. The summed E-state index contributed by atoms with van der Waals surface area (Å²) in [6.07, 6.45) is -4.55. The molecule has 9 heteroatoms. The highest BCUT2D eigenvalue weighted by atomic mass is 19.4. The molecule has 0 saturated heterocycles. The van der Waals surface area contributed by atoms with E-state index in [2.05, 4.69) is 0 Å². The molecule has 10 rings (SSSR count). The monoisotopic (exact) mass is 772 g/mol. The van der Waals surface area contributed by atoms with E-state index in [1.807, 2.05) is 174 Å². The van der Waals surface area contributed by atoms with Crippen LogP contribution >= 0.6 is 0 Å². The predicted molar refractivity (Wildman–Crippen MR) is 227 cm³/mol. The number of rotatable bonds is 7. The molecule has 0 radical (unpaired) electrons. The molecular formula is C50H31F3N6. The molecule has 0 amide bonds. The van der Waals surface area contributed by atoms with Gasteiger partial charge in [0.15, 0.2) is 23.3 Å². The third-order valence-corrected chi connectivity index (χ3v) is 10.3. The Morgan fingerprint density at radius 2 is 0.831 bits per heavy atom. The minimum Gasteiger partial charge on any atom is -0.308 e. The molecule has 0 atom stereocenters. The van der Waals surface area contributed by atoms with E-state index in [0.717, 1.165) is 39.2 Å². The number of aromatic nitrogens is 6. The molecule has 0 unspecified atom stereocenters. The number of fused-ring (bicyclic) bond motifs is 3. The summed E-state index contributed by atoms with van der Waals surface area (Å²) in [4.78, 5) is 25.3. The quantitative estimate of drug-likeness (QED) is 0.161. The van der Waals surface area contributed by atoms with Gasteiger partial charge in [-0.05, 0) is 42.5 Å². The fourth-order valence-electron chi connectivity index (χ4n) is 7.47. The van der Waals surface area contributed by atoms with Crippen LogP contribution in [0.4, 0.5) is 13.2 Å². The lowest BCUT2D eigenvalue weighted by molar-refractivity contribution is -0.137. The van der Waals surface area contributed by atoms with Crippen molar-refractivity contribution in [1.82, 2.24) is 29.5 Å². The van der Waals surface area contributed by atoms with Gasteiger partial charge >= 0.3 is 6.18 Å². The molecule has 0 fully saturated rings. The predicted octanol–water partition coefficient (Wildman–Crippen LogP) is 12.8. The van der Waals surface area contributed by atoms with Gasteiger partial charge in [0.2, 0.25) is 0 Å². The summed E-state index contributed by atoms with van der Waals surface area (Å²) in [6.45, 7) is 0. The largest absolute Gasteiger partial charge is 0.416 e. The van der Waals surface area contributed by atoms with Crippen molar-refractivity contribution in [1.29, 1.82) is 0 Å². The Morgan fingerprint density at radius 3 is 1.37 bits per heavy atom. The lowest BCUT2D eigenvalue weighted by Crippen LogP contribution is -2.06. The Morgan fingerprint density at radius 1 is 0.356 bits per heavy atom. The molecule has 3 heterocycles. The summed E-state index contributed by atoms with van der Waals surface area (Å²) in [5.41, 5.74) is 6.97. The van der Waals surface area contributed by atoms with Crippen molar-refractivity contribution >= 4 is 21.8 Å². The topological polar surface area (TPSA) is 69.4 Å². The van der Waals surface area contributed by atoms with Crippen LogP contribution in [0, 0.1) is 0 Å². The molecule has 0 spiro atoms. The fraction of sp³-hybridized carbons (Fsp3) is 0.0200. The number of alkyl halides is 3. The van der Waals surface area contributed by atoms with Crippen molar-refractivity contribution in [3.05, 3.63) is 194 Å². The molecule has 7 aromatic carbocycles. The van der Waals surface area contributed by atoms with Crippen LogP contribution in [0.15, 0.2) is 188 Å². The van der Waals surface area contributed by atoms with Gasteiger partial charge in [-0.1, -0.05) is 146 Å². The molecule has 282 valence electrons. The van der Waals surface area contributed by atoms with Crippen molar-refractivity contribution in [3.8, 4) is 73.8 Å². The minimum atomic E-state index is -4.55. The molecule has 3 aromatic heterocycles. The van der Waals surface area contributed by atoms with Crippen LogP contribution in [0.1, 0.15) is 5.56 Å². The molecule has 0 N–H and O–H groups in total. The second kappa shape index (κ2) is 14.6. The summed E-state index contributed by atoms with van der Waals surface area (Å²) < 4.78 is 45.0. The fourth-order valence-corrected chi connectivity index (χ4v) is 7.47. The number of nitrogens with zero attached hydrogens (tertiary/aromatic N) is 6. The van der Waals surface area contributed by atoms with Crippen LogP contribution in [0.25, 0.3) is 95.6 Å². The molecule has 0 aliphatic carbocycles. The van der Waals surface area contributed by atoms with Gasteiger partial charge in [0.1, 0.15) is 0 Å². The maximum absolute atomic E-state index is 14.4. The van der Waals surface area contributed by atoms with Crippen molar-refractivity contribution in [2.24, 2.45) is 0 Å². The molecule has 10 aromatic rings. The SMILES string of the molecule is FC(F)(F)c1ccc2c3ccccc3n(-c3ccc(-c4nc(-c5ccccc5)nc(-c5ccccc5)n4)cc3-c3nc(-c4ccccc4)cc(-c4ccccc4)n3)c2c1. The van der Waals surface area contributed by atoms with Crippen LogP contribution in [-0.2, 0) is 6.18 Å². The average Bonchev–Trinajstić information content (AvgIpc) is 3.63. The minimum absolute atomic E-state index is 0.376. The summed E-state index contributed by atoms with van der Waals surface area (Å²) in [7, 11) is 0. The third-order valence-electron chi connectivity index (χ3n) is 10.3. The highest BCUT2D eigenvalue weighted by Gasteiger charge is 2.31. The van der Waals surface area contributed by atoms with Crippen molar-refractivity contribution in [3.63, 3.8) is 0 Å². The molecule has 0 aliphatic rings. The molecule has 0 bridgehead atoms. The van der Waals surface area contributed by atoms with Crippen LogP contribution in [0.5, 0.6) is 0 Å². The van der Waals surface area contributed by atoms with E-state index in [1.54, 1.807) is 6.07 Å². The van der Waals surface area contributed by atoms with Gasteiger partial charge < -0.3 is 4.57 Å². The van der Waals surface area contributed by atoms with Crippen molar-refractivity contribution < 1.29 is 13.2 Å². The Labute approximate surface area is 337 Å². The first-order chi connectivity index (χ1) is 28.9. The first-order valence-corrected chi connectivity index (χ1v) is 19.0. The Balaban J connectivity index is 1.28. The number of para-hydroxylation sites is 1. The van der Waals surface area contributed by atoms with Gasteiger partial charge in [-0.25, -0.2) is 24.9 Å². The van der Waals surface area contributed by atoms with Crippen molar-refractivity contribution in [2.45, 2.75) is 6.18 Å². The third kappa shape index (κ3) is 6.78. The number of hydrogen-bond donors (Lipinski definition) is 0. The maximum Gasteiger partial charge on any atom is 0.416 e. The van der Waals surface area contributed by atoms with E-state index < -0.39 is 11.7 Å². The average molecular weight is 773 g/mol. The zero-order chi connectivity index (χ0) is 39.9. The van der Waals surface area contributed by atoms with Crippen LogP contribution in [0.3, 0.4) is 0 Å². The van der Waals surface area contributed by atoms with E-state index in [-0.39, 0.29) is 0 Å². The zero-order valence-corrected chi connectivity index (χ0v) is 31.2. The molecular weight excluding hydrogens is 742 g/mol. The molecule has 0 saturated carbocycles. The summed E-state index contributed by atoms with van der Waals surface area (Å²) in [6, 6.07) is 58.3. The zero-order valence-electron chi connectivity index (χ0n) is 31.2. The van der Waals surface area contributed by atoms with Crippen LogP contribution < -0.4 is 0 Å². The van der Waals surface area contributed by atoms with E-state index in [0.29, 0.717) is 62.4 Å². The van der Waals surface area contributed by atoms with Gasteiger partial charge in [-0.2, -0.15) is 13.2 Å². The Hall–Kier alpha value is -7.78. The second-order valence-corrected chi connectivity index (χ2v) is 14.0. The summed E-state index contributed by atoms with van der Waals surface area (Å²) >= 11 is 0. The van der Waals surface area contributed by atoms with Crippen LogP contribution in [-0.4, -0.2) is 29.5 Å². The van der Waals surface area contributed by atoms with Gasteiger partial charge in [0, 0.05) is 44.2 Å². The van der Waals surface area contributed by atoms with E-state index >= 15 is 0 Å². The number of benzene rings is 7. The lowest BCUT2D eigenvalue weighted by atomic mass is 10.0. The lowest BCUT2D eigenvalue weighted by Gasteiger charge is -2.17. The van der Waals surface area contributed by atoms with Gasteiger partial charge in [0.25, 0.3) is 0 Å². The second-order valence-electron chi connectivity index (χ2n) is 14.0. The molecule has 0 aliphatic heterocycles. The highest BCUT2D eigenvalue weighted by molar-refractivity contribution is 6.10. The first-order valence-electron chi connectivity index (χ1n) is 19.0. The van der Waals surface area contributed by atoms with Crippen molar-refractivity contribution in [2.75, 3.05) is 0 Å². The Bertz CT molecular complexity index is 3020. The van der Waals surface area contributed by atoms with E-state index in [1.165, 1.54) is 6.07 Å². The molecule has 59 heavy (non-hydrogen) atoms. The van der Waals surface area contributed by atoms with Gasteiger partial charge in [-0.3, -0.25) is 0 Å². The first kappa shape index (κ1) is 35.6. The number of halogens is 3. The van der Waals surface area contributed by atoms with Gasteiger partial charge in [-0.15, -0.1) is 0 Å². The summed E-state index contributed by atoms with van der Waals surface area (Å²) in [5, 5.41) is 1.50. The standard InChI is InChI=1S/C50H31F3N6/c51-50(52,53)37-26-27-39-38-23-13-14-24-43(38)59(45(39)30-37)44-28-25-36(48-57-46(34-19-9-3-10-20-34)56-47(58-48)35-21-11-4-12-22-35)29-40(44)49-54-41(32-15-5-1-6-16-32)31-42(55-49)33-17-7-2-8-18-33/h1-31H.